The Bertz CT molecular complexity index is 3220. The van der Waals surface area contributed by atoms with Crippen molar-refractivity contribution < 1.29 is 4.42 Å². The number of rotatable bonds is 6. The van der Waals surface area contributed by atoms with Crippen LogP contribution < -0.4 is 4.90 Å². The molecule has 0 bridgehead atoms. The zero-order valence-corrected chi connectivity index (χ0v) is 30.6. The van der Waals surface area contributed by atoms with E-state index in [4.69, 9.17) is 4.42 Å². The number of furan rings is 1. The summed E-state index contributed by atoms with van der Waals surface area (Å²) in [6, 6.07) is 72.3. The fourth-order valence-electron chi connectivity index (χ4n) is 8.23. The van der Waals surface area contributed by atoms with Gasteiger partial charge in [0.2, 0.25) is 0 Å². The van der Waals surface area contributed by atoms with E-state index < -0.39 is 0 Å². The first-order valence-electron chi connectivity index (χ1n) is 18.7. The Morgan fingerprint density at radius 1 is 0.345 bits per heavy atom. The molecule has 0 atom stereocenters. The molecule has 2 nitrogen and oxygen atoms in total. The number of hydrogen-bond donors (Lipinski definition) is 0. The number of fused-ring (bicyclic) bond motifs is 7. The highest BCUT2D eigenvalue weighted by Gasteiger charge is 2.18. The Kier molecular flexibility index (Phi) is 7.39. The van der Waals surface area contributed by atoms with E-state index in [0.29, 0.717) is 0 Å². The van der Waals surface area contributed by atoms with Gasteiger partial charge in [-0.1, -0.05) is 140 Å². The van der Waals surface area contributed by atoms with Gasteiger partial charge in [-0.3, -0.25) is 0 Å². The van der Waals surface area contributed by atoms with Crippen molar-refractivity contribution in [2.45, 2.75) is 0 Å². The lowest BCUT2D eigenvalue weighted by atomic mass is 9.95. The Morgan fingerprint density at radius 3 is 1.87 bits per heavy atom. The van der Waals surface area contributed by atoms with Crippen LogP contribution in [0.15, 0.2) is 205 Å². The summed E-state index contributed by atoms with van der Waals surface area (Å²) in [5, 5.41) is 7.35. The molecule has 0 aliphatic carbocycles. The lowest BCUT2D eigenvalue weighted by Crippen LogP contribution is -2.10. The quantitative estimate of drug-likeness (QED) is 0.170. The van der Waals surface area contributed by atoms with Gasteiger partial charge >= 0.3 is 0 Å². The normalized spacial score (nSPS) is 11.6. The van der Waals surface area contributed by atoms with E-state index in [2.05, 4.69) is 193 Å². The van der Waals surface area contributed by atoms with E-state index in [9.17, 15) is 0 Å². The van der Waals surface area contributed by atoms with Crippen LogP contribution in [-0.4, -0.2) is 0 Å². The van der Waals surface area contributed by atoms with Gasteiger partial charge in [-0.15, -0.1) is 11.3 Å². The second-order valence-electron chi connectivity index (χ2n) is 14.1. The van der Waals surface area contributed by atoms with Crippen LogP contribution in [0, 0.1) is 0 Å². The minimum atomic E-state index is 0.909. The first kappa shape index (κ1) is 31.6. The van der Waals surface area contributed by atoms with Gasteiger partial charge in [0, 0.05) is 53.6 Å². The molecule has 0 aliphatic heterocycles. The lowest BCUT2D eigenvalue weighted by Gasteiger charge is -2.26. The highest BCUT2D eigenvalue weighted by molar-refractivity contribution is 7.25. The summed E-state index contributed by atoms with van der Waals surface area (Å²) in [5.74, 6) is 0. The Hall–Kier alpha value is -6.94. The van der Waals surface area contributed by atoms with Gasteiger partial charge in [-0.25, -0.2) is 0 Å². The summed E-state index contributed by atoms with van der Waals surface area (Å²) in [5.41, 5.74) is 12.1. The Morgan fingerprint density at radius 2 is 0.964 bits per heavy atom. The third kappa shape index (κ3) is 5.40. The first-order valence-corrected chi connectivity index (χ1v) is 19.5. The van der Waals surface area contributed by atoms with E-state index in [1.807, 2.05) is 23.5 Å². The third-order valence-electron chi connectivity index (χ3n) is 10.9. The number of nitrogens with zero attached hydrogens (tertiary/aromatic N) is 1. The Balaban J connectivity index is 1.04. The van der Waals surface area contributed by atoms with Crippen LogP contribution in [0.25, 0.3) is 86.3 Å². The number of hydrogen-bond acceptors (Lipinski definition) is 3. The third-order valence-corrected chi connectivity index (χ3v) is 12.0. The van der Waals surface area contributed by atoms with Gasteiger partial charge < -0.3 is 9.32 Å². The molecule has 9 aromatic carbocycles. The molecule has 55 heavy (non-hydrogen) atoms. The predicted octanol–water partition coefficient (Wildman–Crippen LogP) is 15.6. The molecule has 0 radical (unpaired) electrons. The number of anilines is 3. The second kappa shape index (κ2) is 12.9. The Labute approximate surface area is 322 Å². The maximum atomic E-state index is 6.43. The molecule has 11 rings (SSSR count). The lowest BCUT2D eigenvalue weighted by molar-refractivity contribution is 0.670. The standard InChI is InChI=1S/C52H33NOS/c1-2-17-42-34(11-1)12-9-20-43(42)38-15-7-13-36(31-38)37-14-8-16-40(32-37)53(41-29-30-51-48(33-41)46-19-4-6-24-50(46)55-51)39-27-25-35(26-28-39)44-21-10-22-47-45-18-3-5-23-49(45)54-52(44)47/h1-33H. The van der Waals surface area contributed by atoms with E-state index in [1.54, 1.807) is 0 Å². The summed E-state index contributed by atoms with van der Waals surface area (Å²) in [4.78, 5) is 2.38. The number of thiophene rings is 1. The van der Waals surface area contributed by atoms with Gasteiger partial charge in [0.05, 0.1) is 0 Å². The molecule has 0 amide bonds. The average molecular weight is 720 g/mol. The maximum Gasteiger partial charge on any atom is 0.143 e. The van der Waals surface area contributed by atoms with Crippen molar-refractivity contribution in [1.82, 2.24) is 0 Å². The van der Waals surface area contributed by atoms with Gasteiger partial charge in [0.25, 0.3) is 0 Å². The van der Waals surface area contributed by atoms with E-state index in [0.717, 1.165) is 50.1 Å². The molecule has 0 spiro atoms. The van der Waals surface area contributed by atoms with Gasteiger partial charge in [-0.05, 0) is 99.3 Å². The first-order chi connectivity index (χ1) is 27.2. The zero-order valence-electron chi connectivity index (χ0n) is 29.8. The minimum absolute atomic E-state index is 0.909. The van der Waals surface area contributed by atoms with Crippen LogP contribution >= 0.6 is 11.3 Å². The molecule has 0 saturated heterocycles. The van der Waals surface area contributed by atoms with Crippen molar-refractivity contribution in [2.24, 2.45) is 0 Å². The predicted molar refractivity (Wildman–Crippen MR) is 235 cm³/mol. The van der Waals surface area contributed by atoms with Crippen LogP contribution in [0.2, 0.25) is 0 Å². The topological polar surface area (TPSA) is 16.4 Å². The summed E-state index contributed by atoms with van der Waals surface area (Å²) < 4.78 is 9.02. The van der Waals surface area contributed by atoms with Crippen LogP contribution in [-0.2, 0) is 0 Å². The molecular weight excluding hydrogens is 687 g/mol. The van der Waals surface area contributed by atoms with Crippen LogP contribution in [0.5, 0.6) is 0 Å². The minimum Gasteiger partial charge on any atom is -0.455 e. The van der Waals surface area contributed by atoms with Crippen molar-refractivity contribution in [3.63, 3.8) is 0 Å². The molecule has 3 heteroatoms. The van der Waals surface area contributed by atoms with Crippen molar-refractivity contribution in [1.29, 1.82) is 0 Å². The summed E-state index contributed by atoms with van der Waals surface area (Å²) >= 11 is 1.85. The number of benzene rings is 9. The van der Waals surface area contributed by atoms with Crippen LogP contribution in [0.3, 0.4) is 0 Å². The smallest absolute Gasteiger partial charge is 0.143 e. The molecule has 258 valence electrons. The second-order valence-corrected chi connectivity index (χ2v) is 15.2. The fraction of sp³-hybridized carbons (Fsp3) is 0. The summed E-state index contributed by atoms with van der Waals surface area (Å²) in [7, 11) is 0. The van der Waals surface area contributed by atoms with Crippen LogP contribution in [0.1, 0.15) is 0 Å². The van der Waals surface area contributed by atoms with Crippen LogP contribution in [0.4, 0.5) is 17.1 Å². The van der Waals surface area contributed by atoms with Crippen molar-refractivity contribution >= 4 is 81.3 Å². The molecule has 2 heterocycles. The van der Waals surface area contributed by atoms with Crippen molar-refractivity contribution in [3.05, 3.63) is 200 Å². The summed E-state index contributed by atoms with van der Waals surface area (Å²) in [6.07, 6.45) is 0. The summed E-state index contributed by atoms with van der Waals surface area (Å²) in [6.45, 7) is 0. The zero-order chi connectivity index (χ0) is 36.3. The molecule has 0 aliphatic rings. The average Bonchev–Trinajstić information content (AvgIpc) is 3.82. The highest BCUT2D eigenvalue weighted by atomic mass is 32.1. The van der Waals surface area contributed by atoms with Gasteiger partial charge in [0.1, 0.15) is 11.2 Å². The molecular formula is C52H33NOS. The molecule has 0 N–H and O–H groups in total. The molecule has 0 unspecified atom stereocenters. The van der Waals surface area contributed by atoms with Crippen molar-refractivity contribution in [2.75, 3.05) is 4.90 Å². The molecule has 0 saturated carbocycles. The molecule has 0 fully saturated rings. The fourth-order valence-corrected chi connectivity index (χ4v) is 9.32. The SMILES string of the molecule is c1cc(-c2cccc(N(c3ccc(-c4cccc5c4oc4ccccc45)cc3)c3ccc4sc5ccccc5c4c3)c2)cc(-c2cccc3ccccc23)c1. The van der Waals surface area contributed by atoms with E-state index >= 15 is 0 Å². The van der Waals surface area contributed by atoms with Gasteiger partial charge in [0.15, 0.2) is 0 Å². The monoisotopic (exact) mass is 719 g/mol. The molecule has 2 aromatic heterocycles. The van der Waals surface area contributed by atoms with Crippen molar-refractivity contribution in [3.8, 4) is 33.4 Å². The highest BCUT2D eigenvalue weighted by Crippen LogP contribution is 2.43. The molecule has 11 aromatic rings. The maximum absolute atomic E-state index is 6.43. The van der Waals surface area contributed by atoms with E-state index in [1.165, 1.54) is 53.2 Å². The van der Waals surface area contributed by atoms with E-state index in [-0.39, 0.29) is 0 Å². The number of para-hydroxylation sites is 2. The van der Waals surface area contributed by atoms with Gasteiger partial charge in [-0.2, -0.15) is 0 Å². The largest absolute Gasteiger partial charge is 0.455 e.